The van der Waals surface area contributed by atoms with E-state index in [1.165, 1.54) is 0 Å². The van der Waals surface area contributed by atoms with Crippen LogP contribution in [0.3, 0.4) is 0 Å². The van der Waals surface area contributed by atoms with Gasteiger partial charge in [-0.25, -0.2) is 0 Å². The third kappa shape index (κ3) is 1.17. The zero-order chi connectivity index (χ0) is 7.68. The summed E-state index contributed by atoms with van der Waals surface area (Å²) in [6.07, 6.45) is 0. The van der Waals surface area contributed by atoms with Gasteiger partial charge >= 0.3 is 7.12 Å². The fourth-order valence-corrected chi connectivity index (χ4v) is 1.24. The Morgan fingerprint density at radius 3 is 2.55 bits per heavy atom. The molecular formula is C8H9BO2. The summed E-state index contributed by atoms with van der Waals surface area (Å²) in [4.78, 5) is 0. The molecule has 1 aromatic carbocycles. The van der Waals surface area contributed by atoms with E-state index in [-0.39, 0.29) is 5.82 Å². The molecule has 11 heavy (non-hydrogen) atoms. The topological polar surface area (TPSA) is 29.5 Å². The lowest BCUT2D eigenvalue weighted by Gasteiger charge is -2.29. The fraction of sp³-hybridized carbons (Fsp3) is 0.250. The van der Waals surface area contributed by atoms with Gasteiger partial charge in [0.25, 0.3) is 0 Å². The van der Waals surface area contributed by atoms with Crippen LogP contribution >= 0.6 is 0 Å². The predicted octanol–water partition coefficient (Wildman–Crippen LogP) is 0.820. The van der Waals surface area contributed by atoms with Gasteiger partial charge in [-0.15, -0.1) is 0 Å². The summed E-state index contributed by atoms with van der Waals surface area (Å²) >= 11 is 0. The van der Waals surface area contributed by atoms with E-state index in [0.29, 0.717) is 6.61 Å². The maximum atomic E-state index is 9.14. The van der Waals surface area contributed by atoms with Gasteiger partial charge < -0.3 is 9.68 Å². The van der Waals surface area contributed by atoms with E-state index in [1.54, 1.807) is 0 Å². The molecule has 0 bridgehead atoms. The Balaban J connectivity index is 2.17. The molecule has 1 aliphatic rings. The standard InChI is InChI=1S/C8H9BO2/c10-9-8(6-11-9)7-4-2-1-3-5-7/h1-5,8,10H,6H2. The minimum Gasteiger partial charge on any atom is -0.426 e. The zero-order valence-electron chi connectivity index (χ0n) is 6.10. The highest BCUT2D eigenvalue weighted by molar-refractivity contribution is 6.47. The van der Waals surface area contributed by atoms with Crippen molar-refractivity contribution in [2.24, 2.45) is 0 Å². The van der Waals surface area contributed by atoms with Crippen molar-refractivity contribution in [1.82, 2.24) is 0 Å². The second kappa shape index (κ2) is 2.68. The van der Waals surface area contributed by atoms with Crippen LogP contribution in [0.5, 0.6) is 0 Å². The van der Waals surface area contributed by atoms with Gasteiger partial charge in [-0.3, -0.25) is 0 Å². The van der Waals surface area contributed by atoms with Gasteiger partial charge in [0.15, 0.2) is 0 Å². The van der Waals surface area contributed by atoms with Gasteiger partial charge in [-0.05, 0) is 5.56 Å². The predicted molar refractivity (Wildman–Crippen MR) is 43.1 cm³/mol. The van der Waals surface area contributed by atoms with E-state index in [2.05, 4.69) is 0 Å². The Labute approximate surface area is 66.0 Å². The van der Waals surface area contributed by atoms with E-state index in [9.17, 15) is 0 Å². The first-order chi connectivity index (χ1) is 5.38. The highest BCUT2D eigenvalue weighted by atomic mass is 16.5. The van der Waals surface area contributed by atoms with Crippen molar-refractivity contribution in [3.05, 3.63) is 35.9 Å². The minimum atomic E-state index is -0.586. The second-order valence-electron chi connectivity index (χ2n) is 2.74. The van der Waals surface area contributed by atoms with E-state index in [0.717, 1.165) is 5.56 Å². The van der Waals surface area contributed by atoms with Crippen LogP contribution in [-0.2, 0) is 4.65 Å². The van der Waals surface area contributed by atoms with Gasteiger partial charge in [-0.1, -0.05) is 30.3 Å². The zero-order valence-corrected chi connectivity index (χ0v) is 6.10. The van der Waals surface area contributed by atoms with Crippen LogP contribution in [-0.4, -0.2) is 18.7 Å². The molecule has 1 aromatic rings. The third-order valence-electron chi connectivity index (χ3n) is 2.02. The molecule has 2 nitrogen and oxygen atoms in total. The molecule has 0 spiro atoms. The lowest BCUT2D eigenvalue weighted by atomic mass is 9.63. The summed E-state index contributed by atoms with van der Waals surface area (Å²) in [6, 6.07) is 9.93. The molecule has 2 rings (SSSR count). The van der Waals surface area contributed by atoms with Gasteiger partial charge in [0.1, 0.15) is 0 Å². The van der Waals surface area contributed by atoms with E-state index >= 15 is 0 Å². The Morgan fingerprint density at radius 1 is 1.36 bits per heavy atom. The van der Waals surface area contributed by atoms with E-state index < -0.39 is 7.12 Å². The van der Waals surface area contributed by atoms with Crippen molar-refractivity contribution in [2.45, 2.75) is 5.82 Å². The average Bonchev–Trinajstić information content (AvgIpc) is 2.04. The van der Waals surface area contributed by atoms with Crippen molar-refractivity contribution >= 4 is 7.12 Å². The maximum absolute atomic E-state index is 9.14. The largest absolute Gasteiger partial charge is 0.464 e. The van der Waals surface area contributed by atoms with Crippen LogP contribution in [0.15, 0.2) is 30.3 Å². The van der Waals surface area contributed by atoms with Crippen LogP contribution < -0.4 is 0 Å². The fourth-order valence-electron chi connectivity index (χ4n) is 1.24. The molecule has 0 saturated carbocycles. The van der Waals surface area contributed by atoms with Crippen LogP contribution in [0.1, 0.15) is 11.4 Å². The van der Waals surface area contributed by atoms with Crippen LogP contribution in [0.2, 0.25) is 0 Å². The van der Waals surface area contributed by atoms with Gasteiger partial charge in [0, 0.05) is 12.4 Å². The molecule has 3 heteroatoms. The molecular weight excluding hydrogens is 139 g/mol. The summed E-state index contributed by atoms with van der Waals surface area (Å²) in [6.45, 7) is 0.644. The lowest BCUT2D eigenvalue weighted by Crippen LogP contribution is -2.42. The number of hydrogen-bond donors (Lipinski definition) is 1. The SMILES string of the molecule is OB1OCC1c1ccccc1. The van der Waals surface area contributed by atoms with Crippen LogP contribution in [0, 0.1) is 0 Å². The van der Waals surface area contributed by atoms with Gasteiger partial charge in [0.05, 0.1) is 0 Å². The van der Waals surface area contributed by atoms with Gasteiger partial charge in [-0.2, -0.15) is 0 Å². The van der Waals surface area contributed by atoms with Crippen molar-refractivity contribution in [3.8, 4) is 0 Å². The van der Waals surface area contributed by atoms with Crippen LogP contribution in [0.4, 0.5) is 0 Å². The van der Waals surface area contributed by atoms with E-state index in [4.69, 9.17) is 9.68 Å². The first-order valence-corrected chi connectivity index (χ1v) is 3.72. The molecule has 1 aliphatic heterocycles. The molecule has 0 aliphatic carbocycles. The normalized spacial score (nSPS) is 23.0. The molecule has 0 aromatic heterocycles. The Kier molecular flexibility index (Phi) is 1.68. The number of rotatable bonds is 1. The van der Waals surface area contributed by atoms with Crippen molar-refractivity contribution < 1.29 is 9.68 Å². The smallest absolute Gasteiger partial charge is 0.426 e. The third-order valence-corrected chi connectivity index (χ3v) is 2.02. The Hall–Kier alpha value is -0.795. The summed E-state index contributed by atoms with van der Waals surface area (Å²) in [5.74, 6) is 0.191. The summed E-state index contributed by atoms with van der Waals surface area (Å²) in [5, 5.41) is 9.14. The lowest BCUT2D eigenvalue weighted by molar-refractivity contribution is 0.171. The number of hydrogen-bond acceptors (Lipinski definition) is 2. The number of benzene rings is 1. The molecule has 1 saturated heterocycles. The summed E-state index contributed by atoms with van der Waals surface area (Å²) in [7, 11) is -0.586. The maximum Gasteiger partial charge on any atom is 0.464 e. The molecule has 1 unspecified atom stereocenters. The Morgan fingerprint density at radius 2 is 2.09 bits per heavy atom. The first-order valence-electron chi connectivity index (χ1n) is 3.72. The van der Waals surface area contributed by atoms with Gasteiger partial charge in [0.2, 0.25) is 0 Å². The first kappa shape index (κ1) is 6.89. The summed E-state index contributed by atoms with van der Waals surface area (Å²) < 4.78 is 4.85. The van der Waals surface area contributed by atoms with Crippen molar-refractivity contribution in [1.29, 1.82) is 0 Å². The molecule has 0 radical (unpaired) electrons. The van der Waals surface area contributed by atoms with Crippen molar-refractivity contribution in [2.75, 3.05) is 6.61 Å². The minimum absolute atomic E-state index is 0.191. The quantitative estimate of drug-likeness (QED) is 0.597. The monoisotopic (exact) mass is 148 g/mol. The highest BCUT2D eigenvalue weighted by Crippen LogP contribution is 2.25. The van der Waals surface area contributed by atoms with Crippen LogP contribution in [0.25, 0.3) is 0 Å². The second-order valence-corrected chi connectivity index (χ2v) is 2.74. The Bertz CT molecular complexity index is 237. The van der Waals surface area contributed by atoms with Crippen molar-refractivity contribution in [3.63, 3.8) is 0 Å². The molecule has 0 amide bonds. The molecule has 1 heterocycles. The highest BCUT2D eigenvalue weighted by Gasteiger charge is 2.37. The van der Waals surface area contributed by atoms with E-state index in [1.807, 2.05) is 30.3 Å². The molecule has 1 atom stereocenters. The summed E-state index contributed by atoms with van der Waals surface area (Å²) in [5.41, 5.74) is 1.16. The molecule has 1 N–H and O–H groups in total. The molecule has 56 valence electrons. The average molecular weight is 148 g/mol. The molecule has 1 fully saturated rings.